The van der Waals surface area contributed by atoms with Crippen LogP contribution in [0.1, 0.15) is 48.9 Å². The topological polar surface area (TPSA) is 86.8 Å². The largest absolute Gasteiger partial charge is 0.354 e. The summed E-state index contributed by atoms with van der Waals surface area (Å²) in [5.74, 6) is -0.852. The highest BCUT2D eigenvalue weighted by Crippen LogP contribution is 2.28. The first-order valence-corrected chi connectivity index (χ1v) is 15.8. The summed E-state index contributed by atoms with van der Waals surface area (Å²) < 4.78 is 29.1. The number of sulfonamides is 1. The van der Waals surface area contributed by atoms with Crippen molar-refractivity contribution in [2.45, 2.75) is 64.9 Å². The summed E-state index contributed by atoms with van der Waals surface area (Å²) in [5, 5.41) is 3.65. The van der Waals surface area contributed by atoms with Gasteiger partial charge in [-0.2, -0.15) is 0 Å². The van der Waals surface area contributed by atoms with Crippen LogP contribution in [-0.4, -0.2) is 44.3 Å². The SMILES string of the molecule is CCCNC(=O)C(CC)N(Cc1ccc(Cl)cc1Cl)C(=O)CN(c1ccc(C)c(C)c1)S(=O)(=O)c1ccc(C)cc1. The van der Waals surface area contributed by atoms with E-state index in [1.807, 2.05) is 40.7 Å². The summed E-state index contributed by atoms with van der Waals surface area (Å²) in [7, 11) is -4.14. The van der Waals surface area contributed by atoms with Crippen molar-refractivity contribution in [2.24, 2.45) is 0 Å². The van der Waals surface area contributed by atoms with Crippen LogP contribution in [0.2, 0.25) is 10.0 Å². The van der Waals surface area contributed by atoms with Crippen molar-refractivity contribution in [3.63, 3.8) is 0 Å². The van der Waals surface area contributed by atoms with Crippen LogP contribution in [0, 0.1) is 20.8 Å². The Morgan fingerprint density at radius 2 is 1.59 bits per heavy atom. The summed E-state index contributed by atoms with van der Waals surface area (Å²) in [6.45, 7) is 9.38. The lowest BCUT2D eigenvalue weighted by Gasteiger charge is -2.33. The molecule has 0 bridgehead atoms. The molecule has 10 heteroatoms. The summed E-state index contributed by atoms with van der Waals surface area (Å²) >= 11 is 12.5. The fraction of sp³-hybridized carbons (Fsp3) is 0.355. The molecule has 220 valence electrons. The number of anilines is 1. The lowest BCUT2D eigenvalue weighted by atomic mass is 10.1. The van der Waals surface area contributed by atoms with E-state index in [2.05, 4.69) is 5.32 Å². The third-order valence-electron chi connectivity index (χ3n) is 6.96. The van der Waals surface area contributed by atoms with Crippen molar-refractivity contribution in [2.75, 3.05) is 17.4 Å². The molecule has 3 aromatic rings. The molecule has 2 amide bonds. The lowest BCUT2D eigenvalue weighted by Crippen LogP contribution is -2.52. The summed E-state index contributed by atoms with van der Waals surface area (Å²) in [5.41, 5.74) is 3.73. The molecule has 0 spiro atoms. The van der Waals surface area contributed by atoms with E-state index in [0.29, 0.717) is 34.3 Å². The maximum absolute atomic E-state index is 14.1. The van der Waals surface area contributed by atoms with Crippen LogP contribution in [0.5, 0.6) is 0 Å². The minimum Gasteiger partial charge on any atom is -0.354 e. The van der Waals surface area contributed by atoms with E-state index in [-0.39, 0.29) is 17.3 Å². The van der Waals surface area contributed by atoms with Gasteiger partial charge in [0.15, 0.2) is 0 Å². The highest BCUT2D eigenvalue weighted by Gasteiger charge is 2.34. The molecule has 0 aliphatic rings. The minimum absolute atomic E-state index is 0.00175. The third kappa shape index (κ3) is 8.03. The van der Waals surface area contributed by atoms with Gasteiger partial charge in [-0.25, -0.2) is 8.42 Å². The van der Waals surface area contributed by atoms with Gasteiger partial charge in [0, 0.05) is 23.1 Å². The Labute approximate surface area is 253 Å². The first-order chi connectivity index (χ1) is 19.4. The maximum atomic E-state index is 14.1. The predicted octanol–water partition coefficient (Wildman–Crippen LogP) is 6.45. The van der Waals surface area contributed by atoms with E-state index >= 15 is 0 Å². The van der Waals surface area contributed by atoms with Crippen LogP contribution in [0.15, 0.2) is 65.6 Å². The molecule has 0 saturated carbocycles. The molecular weight excluding hydrogens is 581 g/mol. The number of benzene rings is 3. The second kappa shape index (κ2) is 14.2. The molecule has 41 heavy (non-hydrogen) atoms. The van der Waals surface area contributed by atoms with Crippen molar-refractivity contribution in [3.8, 4) is 0 Å². The molecule has 0 heterocycles. The Morgan fingerprint density at radius 3 is 2.17 bits per heavy atom. The van der Waals surface area contributed by atoms with E-state index in [1.165, 1.54) is 17.0 Å². The fourth-order valence-electron chi connectivity index (χ4n) is 4.37. The van der Waals surface area contributed by atoms with Crippen LogP contribution in [-0.2, 0) is 26.2 Å². The van der Waals surface area contributed by atoms with Gasteiger partial charge >= 0.3 is 0 Å². The molecule has 3 aromatic carbocycles. The van der Waals surface area contributed by atoms with Gasteiger partial charge in [-0.1, -0.05) is 66.9 Å². The third-order valence-corrected chi connectivity index (χ3v) is 9.33. The number of rotatable bonds is 12. The van der Waals surface area contributed by atoms with Gasteiger partial charge in [-0.3, -0.25) is 13.9 Å². The zero-order valence-corrected chi connectivity index (χ0v) is 26.4. The molecule has 0 radical (unpaired) electrons. The van der Waals surface area contributed by atoms with Crippen molar-refractivity contribution < 1.29 is 18.0 Å². The van der Waals surface area contributed by atoms with Gasteiger partial charge in [-0.15, -0.1) is 0 Å². The van der Waals surface area contributed by atoms with E-state index < -0.39 is 28.5 Å². The molecule has 0 aliphatic carbocycles. The molecule has 3 rings (SSSR count). The monoisotopic (exact) mass is 617 g/mol. The Bertz CT molecular complexity index is 1490. The van der Waals surface area contributed by atoms with Gasteiger partial charge < -0.3 is 10.2 Å². The summed E-state index contributed by atoms with van der Waals surface area (Å²) in [6.07, 6.45) is 1.05. The first kappa shape index (κ1) is 32.4. The second-order valence-electron chi connectivity index (χ2n) is 10.1. The van der Waals surface area contributed by atoms with E-state index in [0.717, 1.165) is 27.4 Å². The van der Waals surface area contributed by atoms with Crippen molar-refractivity contribution >= 4 is 50.7 Å². The van der Waals surface area contributed by atoms with Crippen LogP contribution >= 0.6 is 23.2 Å². The van der Waals surface area contributed by atoms with Crippen molar-refractivity contribution in [3.05, 3.63) is 93.0 Å². The molecule has 1 atom stereocenters. The Hall–Kier alpha value is -3.07. The minimum atomic E-state index is -4.14. The summed E-state index contributed by atoms with van der Waals surface area (Å²) in [4.78, 5) is 28.8. The van der Waals surface area contributed by atoms with Gasteiger partial charge in [0.25, 0.3) is 10.0 Å². The standard InChI is InChI=1S/C31H37Cl2N3O4S/c1-6-16-34-31(38)29(7-2)35(19-24-11-12-25(32)18-28(24)33)30(37)20-36(26-13-10-22(4)23(5)17-26)41(39,40)27-14-8-21(3)9-15-27/h8-15,17-18,29H,6-7,16,19-20H2,1-5H3,(H,34,38). The Balaban J connectivity index is 2.10. The van der Waals surface area contributed by atoms with Crippen LogP contribution in [0.4, 0.5) is 5.69 Å². The molecule has 0 aromatic heterocycles. The molecule has 7 nitrogen and oxygen atoms in total. The number of nitrogens with zero attached hydrogens (tertiary/aromatic N) is 2. The molecule has 0 saturated heterocycles. The molecule has 0 fully saturated rings. The van der Waals surface area contributed by atoms with E-state index in [4.69, 9.17) is 23.2 Å². The average molecular weight is 619 g/mol. The number of halogens is 2. The number of nitrogens with one attached hydrogen (secondary N) is 1. The Morgan fingerprint density at radius 1 is 0.902 bits per heavy atom. The summed E-state index contributed by atoms with van der Waals surface area (Å²) in [6, 6.07) is 15.8. The fourth-order valence-corrected chi connectivity index (χ4v) is 6.24. The first-order valence-electron chi connectivity index (χ1n) is 13.6. The quantitative estimate of drug-likeness (QED) is 0.253. The highest BCUT2D eigenvalue weighted by atomic mass is 35.5. The van der Waals surface area contributed by atoms with Crippen LogP contribution in [0.3, 0.4) is 0 Å². The normalized spacial score (nSPS) is 12.1. The molecule has 0 aliphatic heterocycles. The maximum Gasteiger partial charge on any atom is 0.264 e. The average Bonchev–Trinajstić information content (AvgIpc) is 2.93. The van der Waals surface area contributed by atoms with Gasteiger partial charge in [-0.05, 0) is 86.7 Å². The number of aryl methyl sites for hydroxylation is 3. The van der Waals surface area contributed by atoms with Crippen molar-refractivity contribution in [1.82, 2.24) is 10.2 Å². The van der Waals surface area contributed by atoms with Crippen LogP contribution in [0.25, 0.3) is 0 Å². The lowest BCUT2D eigenvalue weighted by molar-refractivity contribution is -0.140. The Kier molecular flexibility index (Phi) is 11.2. The van der Waals surface area contributed by atoms with Crippen LogP contribution < -0.4 is 9.62 Å². The van der Waals surface area contributed by atoms with Gasteiger partial charge in [0.1, 0.15) is 12.6 Å². The molecule has 1 N–H and O–H groups in total. The smallest absolute Gasteiger partial charge is 0.264 e. The van der Waals surface area contributed by atoms with Crippen molar-refractivity contribution in [1.29, 1.82) is 0 Å². The predicted molar refractivity (Wildman–Crippen MR) is 166 cm³/mol. The molecular formula is C31H37Cl2N3O4S. The van der Waals surface area contributed by atoms with E-state index in [1.54, 1.807) is 42.5 Å². The van der Waals surface area contributed by atoms with E-state index in [9.17, 15) is 18.0 Å². The zero-order chi connectivity index (χ0) is 30.3. The highest BCUT2D eigenvalue weighted by molar-refractivity contribution is 7.92. The number of amides is 2. The van der Waals surface area contributed by atoms with Gasteiger partial charge in [0.2, 0.25) is 11.8 Å². The zero-order valence-electron chi connectivity index (χ0n) is 24.1. The second-order valence-corrected chi connectivity index (χ2v) is 12.8. The van der Waals surface area contributed by atoms with Gasteiger partial charge in [0.05, 0.1) is 10.6 Å². The number of carbonyl (C=O) groups is 2. The number of carbonyl (C=O) groups excluding carboxylic acids is 2. The number of hydrogen-bond donors (Lipinski definition) is 1. The number of hydrogen-bond acceptors (Lipinski definition) is 4. The molecule has 1 unspecified atom stereocenters.